The molecule has 1 aliphatic heterocycles. The quantitative estimate of drug-likeness (QED) is 0.696. The van der Waals surface area contributed by atoms with E-state index >= 15 is 0 Å². The van der Waals surface area contributed by atoms with Gasteiger partial charge in [0.15, 0.2) is 0 Å². The minimum absolute atomic E-state index is 0.00556. The minimum Gasteiger partial charge on any atom is -0.467 e. The van der Waals surface area contributed by atoms with Crippen LogP contribution in [0.25, 0.3) is 0 Å². The van der Waals surface area contributed by atoms with E-state index in [1.54, 1.807) is 11.8 Å². The maximum absolute atomic E-state index is 12.0. The highest BCUT2D eigenvalue weighted by Crippen LogP contribution is 2.15. The van der Waals surface area contributed by atoms with E-state index in [9.17, 15) is 9.59 Å². The fraction of sp³-hybridized carbons (Fsp3) is 0.818. The molecular formula is C11H20N2O3. The van der Waals surface area contributed by atoms with Crippen molar-refractivity contribution in [2.45, 2.75) is 38.8 Å². The second-order valence-electron chi connectivity index (χ2n) is 3.98. The summed E-state index contributed by atoms with van der Waals surface area (Å²) < 4.78 is 4.66. The number of esters is 1. The lowest BCUT2D eigenvalue weighted by Crippen LogP contribution is -2.55. The van der Waals surface area contributed by atoms with Crippen LogP contribution >= 0.6 is 0 Å². The number of carbonyl (C=O) groups is 2. The Labute approximate surface area is 96.1 Å². The van der Waals surface area contributed by atoms with E-state index in [0.29, 0.717) is 6.54 Å². The Morgan fingerprint density at radius 2 is 2.38 bits per heavy atom. The summed E-state index contributed by atoms with van der Waals surface area (Å²) in [6.07, 6.45) is 1.77. The number of rotatable bonds is 4. The molecule has 1 fully saturated rings. The monoisotopic (exact) mass is 228 g/mol. The van der Waals surface area contributed by atoms with Crippen molar-refractivity contribution in [1.29, 1.82) is 0 Å². The third kappa shape index (κ3) is 2.72. The van der Waals surface area contributed by atoms with Crippen LogP contribution < -0.4 is 5.32 Å². The number of nitrogens with zero attached hydrogens (tertiary/aromatic N) is 1. The molecule has 0 aromatic heterocycles. The van der Waals surface area contributed by atoms with Gasteiger partial charge in [0, 0.05) is 6.54 Å². The van der Waals surface area contributed by atoms with E-state index in [-0.39, 0.29) is 17.9 Å². The number of piperidine rings is 1. The number of nitrogens with one attached hydrogen (secondary N) is 1. The molecule has 2 unspecified atom stereocenters. The van der Waals surface area contributed by atoms with Gasteiger partial charge < -0.3 is 15.0 Å². The number of hydrogen-bond donors (Lipinski definition) is 1. The van der Waals surface area contributed by atoms with Gasteiger partial charge in [-0.05, 0) is 26.3 Å². The maximum Gasteiger partial charge on any atom is 0.328 e. The van der Waals surface area contributed by atoms with Crippen molar-refractivity contribution in [3.8, 4) is 0 Å². The number of carbonyl (C=O) groups excluding carboxylic acids is 2. The first-order valence-corrected chi connectivity index (χ1v) is 5.73. The molecule has 5 nitrogen and oxygen atoms in total. The molecule has 1 saturated heterocycles. The molecule has 5 heteroatoms. The first kappa shape index (κ1) is 13.0. The molecule has 0 aromatic carbocycles. The van der Waals surface area contributed by atoms with Gasteiger partial charge in [0.1, 0.15) is 6.04 Å². The fourth-order valence-corrected chi connectivity index (χ4v) is 2.02. The summed E-state index contributed by atoms with van der Waals surface area (Å²) in [7, 11) is 1.34. The van der Waals surface area contributed by atoms with E-state index in [4.69, 9.17) is 0 Å². The molecular weight excluding hydrogens is 208 g/mol. The number of hydrogen-bond acceptors (Lipinski definition) is 4. The van der Waals surface area contributed by atoms with Gasteiger partial charge in [0.2, 0.25) is 5.91 Å². The van der Waals surface area contributed by atoms with Gasteiger partial charge in [-0.2, -0.15) is 0 Å². The molecule has 0 saturated carbocycles. The zero-order chi connectivity index (χ0) is 12.1. The highest BCUT2D eigenvalue weighted by Gasteiger charge is 2.33. The lowest BCUT2D eigenvalue weighted by Gasteiger charge is -2.35. The van der Waals surface area contributed by atoms with E-state index in [1.807, 2.05) is 6.92 Å². The van der Waals surface area contributed by atoms with Crippen molar-refractivity contribution in [2.24, 2.45) is 0 Å². The van der Waals surface area contributed by atoms with Crippen molar-refractivity contribution in [1.82, 2.24) is 10.2 Å². The lowest BCUT2D eigenvalue weighted by molar-refractivity contribution is -0.154. The molecule has 1 rings (SSSR count). The van der Waals surface area contributed by atoms with Crippen LogP contribution in [0.5, 0.6) is 0 Å². The number of ether oxygens (including phenoxy) is 1. The summed E-state index contributed by atoms with van der Waals surface area (Å²) in [5, 5.41) is 3.13. The molecule has 0 radical (unpaired) electrons. The van der Waals surface area contributed by atoms with Crippen LogP contribution in [0.4, 0.5) is 0 Å². The van der Waals surface area contributed by atoms with Gasteiger partial charge in [-0.25, -0.2) is 4.79 Å². The highest BCUT2D eigenvalue weighted by atomic mass is 16.5. The highest BCUT2D eigenvalue weighted by molar-refractivity contribution is 5.87. The van der Waals surface area contributed by atoms with Crippen molar-refractivity contribution in [3.05, 3.63) is 0 Å². The van der Waals surface area contributed by atoms with Gasteiger partial charge in [-0.3, -0.25) is 4.79 Å². The van der Waals surface area contributed by atoms with Crippen LogP contribution in [-0.2, 0) is 14.3 Å². The van der Waals surface area contributed by atoms with Gasteiger partial charge >= 0.3 is 5.97 Å². The summed E-state index contributed by atoms with van der Waals surface area (Å²) in [6.45, 7) is 5.07. The summed E-state index contributed by atoms with van der Waals surface area (Å²) in [5.41, 5.74) is 0. The molecule has 0 spiro atoms. The Morgan fingerprint density at radius 1 is 1.69 bits per heavy atom. The van der Waals surface area contributed by atoms with Crippen molar-refractivity contribution < 1.29 is 14.3 Å². The SMILES string of the molecule is CCNC1CCCN(C(C)C(=O)OC)C1=O. The van der Waals surface area contributed by atoms with Crippen LogP contribution in [0.1, 0.15) is 26.7 Å². The number of likely N-dealkylation sites (N-methyl/N-ethyl adjacent to an activating group) is 1. The molecule has 2 atom stereocenters. The van der Waals surface area contributed by atoms with Gasteiger partial charge in [0.05, 0.1) is 13.2 Å². The molecule has 1 N–H and O–H groups in total. The van der Waals surface area contributed by atoms with Crippen LogP contribution in [0, 0.1) is 0 Å². The Balaban J connectivity index is 2.66. The number of methoxy groups -OCH3 is 1. The van der Waals surface area contributed by atoms with Crippen LogP contribution in [0.2, 0.25) is 0 Å². The number of likely N-dealkylation sites (tertiary alicyclic amines) is 1. The Bertz CT molecular complexity index is 266. The van der Waals surface area contributed by atoms with Gasteiger partial charge in [-0.15, -0.1) is 0 Å². The maximum atomic E-state index is 12.0. The Hall–Kier alpha value is -1.10. The van der Waals surface area contributed by atoms with Crippen LogP contribution in [0.3, 0.4) is 0 Å². The second-order valence-corrected chi connectivity index (χ2v) is 3.98. The average molecular weight is 228 g/mol. The summed E-state index contributed by atoms with van der Waals surface area (Å²) >= 11 is 0. The third-order valence-corrected chi connectivity index (χ3v) is 2.93. The molecule has 1 heterocycles. The zero-order valence-electron chi connectivity index (χ0n) is 10.2. The summed E-state index contributed by atoms with van der Waals surface area (Å²) in [5.74, 6) is -0.350. The molecule has 0 aliphatic carbocycles. The predicted octanol–water partition coefficient (Wildman–Crippen LogP) is 0.148. The standard InChI is InChI=1S/C11H20N2O3/c1-4-12-9-6-5-7-13(10(9)14)8(2)11(15)16-3/h8-9,12H,4-7H2,1-3H3. The smallest absolute Gasteiger partial charge is 0.328 e. The third-order valence-electron chi connectivity index (χ3n) is 2.93. The first-order valence-electron chi connectivity index (χ1n) is 5.73. The predicted molar refractivity (Wildman–Crippen MR) is 59.9 cm³/mol. The van der Waals surface area contributed by atoms with E-state index in [0.717, 1.165) is 19.4 Å². The molecule has 1 amide bonds. The number of amides is 1. The van der Waals surface area contributed by atoms with Crippen molar-refractivity contribution >= 4 is 11.9 Å². The van der Waals surface area contributed by atoms with Gasteiger partial charge in [0.25, 0.3) is 0 Å². The molecule has 0 aromatic rings. The molecule has 16 heavy (non-hydrogen) atoms. The molecule has 1 aliphatic rings. The van der Waals surface area contributed by atoms with Crippen LogP contribution in [0.15, 0.2) is 0 Å². The Kier molecular flexibility index (Phi) is 4.73. The second kappa shape index (κ2) is 5.84. The van der Waals surface area contributed by atoms with E-state index in [2.05, 4.69) is 10.1 Å². The minimum atomic E-state index is -0.487. The van der Waals surface area contributed by atoms with E-state index in [1.165, 1.54) is 7.11 Å². The molecule has 0 bridgehead atoms. The fourth-order valence-electron chi connectivity index (χ4n) is 2.02. The van der Waals surface area contributed by atoms with E-state index < -0.39 is 6.04 Å². The summed E-state index contributed by atoms with van der Waals surface area (Å²) in [6, 6.07) is -0.634. The normalized spacial score (nSPS) is 23.1. The summed E-state index contributed by atoms with van der Waals surface area (Å²) in [4.78, 5) is 25.0. The Morgan fingerprint density at radius 3 is 2.94 bits per heavy atom. The first-order chi connectivity index (χ1) is 7.61. The van der Waals surface area contributed by atoms with Crippen molar-refractivity contribution in [2.75, 3.05) is 20.2 Å². The lowest BCUT2D eigenvalue weighted by atomic mass is 10.0. The van der Waals surface area contributed by atoms with Gasteiger partial charge in [-0.1, -0.05) is 6.92 Å². The zero-order valence-corrected chi connectivity index (χ0v) is 10.2. The average Bonchev–Trinajstić information content (AvgIpc) is 2.30. The topological polar surface area (TPSA) is 58.6 Å². The van der Waals surface area contributed by atoms with Crippen molar-refractivity contribution in [3.63, 3.8) is 0 Å². The molecule has 92 valence electrons. The largest absolute Gasteiger partial charge is 0.467 e. The van der Waals surface area contributed by atoms with Crippen LogP contribution in [-0.4, -0.2) is 49.1 Å².